The summed E-state index contributed by atoms with van der Waals surface area (Å²) < 4.78 is 5.22. The van der Waals surface area contributed by atoms with E-state index in [0.29, 0.717) is 32.0 Å². The van der Waals surface area contributed by atoms with Crippen LogP contribution in [0.3, 0.4) is 0 Å². The summed E-state index contributed by atoms with van der Waals surface area (Å²) >= 11 is 1.17. The molecule has 3 aromatic rings. The molecule has 0 saturated heterocycles. The standard InChI is InChI=1S/C16H15N3O3S/c1-8(2)22-16(21)12-9(3)11-14(20)18-13(19-15(11)23-12)10-5-4-6-17-7-10/h4-8H,1-3H3,(H,18,19,20). The SMILES string of the molecule is Cc1c(C(=O)OC(C)C)sc2nc(-c3cccnc3)[nH]c(=O)c12. The van der Waals surface area contributed by atoms with Crippen molar-refractivity contribution < 1.29 is 9.53 Å². The Balaban J connectivity index is 2.15. The van der Waals surface area contributed by atoms with Crippen molar-refractivity contribution in [2.75, 3.05) is 0 Å². The van der Waals surface area contributed by atoms with Gasteiger partial charge in [0.2, 0.25) is 0 Å². The summed E-state index contributed by atoms with van der Waals surface area (Å²) in [4.78, 5) is 36.7. The van der Waals surface area contributed by atoms with E-state index in [9.17, 15) is 9.59 Å². The van der Waals surface area contributed by atoms with E-state index < -0.39 is 5.97 Å². The lowest BCUT2D eigenvalue weighted by Crippen LogP contribution is -2.12. The van der Waals surface area contributed by atoms with Crippen molar-refractivity contribution in [1.29, 1.82) is 0 Å². The molecule has 7 heteroatoms. The van der Waals surface area contributed by atoms with E-state index in [2.05, 4.69) is 15.0 Å². The molecular weight excluding hydrogens is 314 g/mol. The summed E-state index contributed by atoms with van der Waals surface area (Å²) in [6.07, 6.45) is 3.05. The molecule has 3 heterocycles. The Morgan fingerprint density at radius 2 is 2.17 bits per heavy atom. The zero-order valence-corrected chi connectivity index (χ0v) is 13.7. The molecule has 6 nitrogen and oxygen atoms in total. The van der Waals surface area contributed by atoms with Gasteiger partial charge in [0.15, 0.2) is 0 Å². The van der Waals surface area contributed by atoms with Crippen molar-refractivity contribution >= 4 is 27.5 Å². The topological polar surface area (TPSA) is 84.9 Å². The third-order valence-electron chi connectivity index (χ3n) is 3.26. The van der Waals surface area contributed by atoms with Crippen LogP contribution in [0.5, 0.6) is 0 Å². The molecule has 0 aliphatic carbocycles. The summed E-state index contributed by atoms with van der Waals surface area (Å²) in [6.45, 7) is 5.30. The van der Waals surface area contributed by atoms with E-state index >= 15 is 0 Å². The molecule has 118 valence electrons. The number of nitrogens with zero attached hydrogens (tertiary/aromatic N) is 2. The van der Waals surface area contributed by atoms with Crippen LogP contribution in [0.25, 0.3) is 21.6 Å². The number of aromatic amines is 1. The summed E-state index contributed by atoms with van der Waals surface area (Å²) in [6, 6.07) is 3.58. The van der Waals surface area contributed by atoms with E-state index in [0.717, 1.165) is 0 Å². The molecule has 3 aromatic heterocycles. The second kappa shape index (κ2) is 5.92. The minimum atomic E-state index is -0.428. The van der Waals surface area contributed by atoms with Gasteiger partial charge in [0.25, 0.3) is 5.56 Å². The highest BCUT2D eigenvalue weighted by molar-refractivity contribution is 7.20. The number of aryl methyl sites for hydroxylation is 1. The predicted octanol–water partition coefficient (Wildman–Crippen LogP) is 2.92. The molecule has 1 N–H and O–H groups in total. The molecule has 3 rings (SSSR count). The van der Waals surface area contributed by atoms with Gasteiger partial charge >= 0.3 is 5.97 Å². The molecule has 0 aliphatic heterocycles. The Hall–Kier alpha value is -2.54. The van der Waals surface area contributed by atoms with Crippen LogP contribution in [0, 0.1) is 6.92 Å². The second-order valence-corrected chi connectivity index (χ2v) is 6.35. The molecular formula is C16H15N3O3S. The molecule has 0 radical (unpaired) electrons. The number of pyridine rings is 1. The Kier molecular flexibility index (Phi) is 3.96. The van der Waals surface area contributed by atoms with Crippen molar-refractivity contribution in [2.24, 2.45) is 0 Å². The minimum absolute atomic E-state index is 0.218. The van der Waals surface area contributed by atoms with Gasteiger partial charge in [-0.05, 0) is 38.5 Å². The predicted molar refractivity (Wildman–Crippen MR) is 88.8 cm³/mol. The Morgan fingerprint density at radius 1 is 1.39 bits per heavy atom. The summed E-state index contributed by atoms with van der Waals surface area (Å²) in [5.41, 5.74) is 1.04. The lowest BCUT2D eigenvalue weighted by molar-refractivity contribution is 0.0383. The maximum absolute atomic E-state index is 12.4. The second-order valence-electron chi connectivity index (χ2n) is 5.35. The van der Waals surface area contributed by atoms with Crippen molar-refractivity contribution in [3.63, 3.8) is 0 Å². The maximum Gasteiger partial charge on any atom is 0.348 e. The highest BCUT2D eigenvalue weighted by atomic mass is 32.1. The van der Waals surface area contributed by atoms with E-state index in [1.54, 1.807) is 39.2 Å². The highest BCUT2D eigenvalue weighted by Crippen LogP contribution is 2.29. The number of rotatable bonds is 3. The van der Waals surface area contributed by atoms with Gasteiger partial charge in [0, 0.05) is 18.0 Å². The van der Waals surface area contributed by atoms with Gasteiger partial charge < -0.3 is 9.72 Å². The van der Waals surface area contributed by atoms with E-state index in [1.165, 1.54) is 11.3 Å². The first-order chi connectivity index (χ1) is 11.0. The molecule has 0 amide bonds. The van der Waals surface area contributed by atoms with Crippen molar-refractivity contribution in [1.82, 2.24) is 15.0 Å². The molecule has 0 spiro atoms. The van der Waals surface area contributed by atoms with Crippen LogP contribution in [0.1, 0.15) is 29.1 Å². The number of nitrogens with one attached hydrogen (secondary N) is 1. The molecule has 0 saturated carbocycles. The lowest BCUT2D eigenvalue weighted by Gasteiger charge is -2.06. The van der Waals surface area contributed by atoms with Gasteiger partial charge in [-0.3, -0.25) is 9.78 Å². The van der Waals surface area contributed by atoms with Gasteiger partial charge in [-0.25, -0.2) is 9.78 Å². The quantitative estimate of drug-likeness (QED) is 0.747. The van der Waals surface area contributed by atoms with Gasteiger partial charge in [0.1, 0.15) is 15.5 Å². The molecule has 0 bridgehead atoms. The number of thiophene rings is 1. The Morgan fingerprint density at radius 3 is 2.83 bits per heavy atom. The third kappa shape index (κ3) is 2.87. The Bertz CT molecular complexity index is 929. The van der Waals surface area contributed by atoms with Crippen LogP contribution in [0.4, 0.5) is 0 Å². The Labute approximate surface area is 136 Å². The van der Waals surface area contributed by atoms with Crippen LogP contribution in [0.15, 0.2) is 29.3 Å². The van der Waals surface area contributed by atoms with E-state index in [4.69, 9.17) is 4.74 Å². The first-order valence-corrected chi connectivity index (χ1v) is 7.94. The summed E-state index contributed by atoms with van der Waals surface area (Å²) in [5, 5.41) is 0.429. The van der Waals surface area contributed by atoms with Gasteiger partial charge in [-0.2, -0.15) is 0 Å². The smallest absolute Gasteiger partial charge is 0.348 e. The third-order valence-corrected chi connectivity index (χ3v) is 4.43. The van der Waals surface area contributed by atoms with Crippen LogP contribution >= 0.6 is 11.3 Å². The molecule has 0 unspecified atom stereocenters. The molecule has 0 fully saturated rings. The monoisotopic (exact) mass is 329 g/mol. The number of carbonyl (C=O) groups excluding carboxylic acids is 1. The number of aromatic nitrogens is 3. The zero-order chi connectivity index (χ0) is 16.6. The van der Waals surface area contributed by atoms with Crippen LogP contribution in [-0.4, -0.2) is 27.0 Å². The number of esters is 1. The number of fused-ring (bicyclic) bond motifs is 1. The van der Waals surface area contributed by atoms with Crippen molar-refractivity contribution in [2.45, 2.75) is 26.9 Å². The van der Waals surface area contributed by atoms with Crippen LogP contribution < -0.4 is 5.56 Å². The van der Waals surface area contributed by atoms with Crippen LogP contribution in [0.2, 0.25) is 0 Å². The first-order valence-electron chi connectivity index (χ1n) is 7.12. The van der Waals surface area contributed by atoms with Crippen LogP contribution in [-0.2, 0) is 4.74 Å². The highest BCUT2D eigenvalue weighted by Gasteiger charge is 2.21. The molecule has 23 heavy (non-hydrogen) atoms. The largest absolute Gasteiger partial charge is 0.459 e. The maximum atomic E-state index is 12.4. The number of hydrogen-bond acceptors (Lipinski definition) is 6. The normalized spacial score (nSPS) is 11.1. The minimum Gasteiger partial charge on any atom is -0.459 e. The summed E-state index contributed by atoms with van der Waals surface area (Å²) in [5.74, 6) is 0.00320. The first kappa shape index (κ1) is 15.4. The van der Waals surface area contributed by atoms with E-state index in [1.807, 2.05) is 6.07 Å². The van der Waals surface area contributed by atoms with E-state index in [-0.39, 0.29) is 11.7 Å². The fraction of sp³-hybridized carbons (Fsp3) is 0.250. The number of carbonyl (C=O) groups is 1. The fourth-order valence-corrected chi connectivity index (χ4v) is 3.31. The van der Waals surface area contributed by atoms with Crippen molar-refractivity contribution in [3.8, 4) is 11.4 Å². The zero-order valence-electron chi connectivity index (χ0n) is 12.9. The van der Waals surface area contributed by atoms with Gasteiger partial charge in [0.05, 0.1) is 11.5 Å². The lowest BCUT2D eigenvalue weighted by atomic mass is 10.2. The van der Waals surface area contributed by atoms with Gasteiger partial charge in [-0.15, -0.1) is 11.3 Å². The fourth-order valence-electron chi connectivity index (χ4n) is 2.25. The molecule has 0 aliphatic rings. The number of hydrogen-bond donors (Lipinski definition) is 1. The van der Waals surface area contributed by atoms with Crippen molar-refractivity contribution in [3.05, 3.63) is 45.3 Å². The molecule has 0 aromatic carbocycles. The number of ether oxygens (including phenoxy) is 1. The summed E-state index contributed by atoms with van der Waals surface area (Å²) in [7, 11) is 0. The average Bonchev–Trinajstić information content (AvgIpc) is 2.85. The molecule has 0 atom stereocenters. The average molecular weight is 329 g/mol. The number of H-pyrrole nitrogens is 1. The van der Waals surface area contributed by atoms with Gasteiger partial charge in [-0.1, -0.05) is 0 Å².